The molecule has 0 saturated carbocycles. The summed E-state index contributed by atoms with van der Waals surface area (Å²) < 4.78 is 4.95. The van der Waals surface area contributed by atoms with Crippen LogP contribution < -0.4 is 10.1 Å². The molecular weight excluding hydrogens is 222 g/mol. The van der Waals surface area contributed by atoms with Gasteiger partial charge in [0.25, 0.3) is 5.91 Å². The van der Waals surface area contributed by atoms with Gasteiger partial charge in [-0.15, -0.1) is 0 Å². The van der Waals surface area contributed by atoms with Crippen LogP contribution in [0.5, 0.6) is 5.75 Å². The fourth-order valence-electron chi connectivity index (χ4n) is 1.19. The van der Waals surface area contributed by atoms with Gasteiger partial charge in [0.15, 0.2) is 6.61 Å². The zero-order valence-corrected chi connectivity index (χ0v) is 9.77. The average molecular weight is 237 g/mol. The number of nitrogens with one attached hydrogen (secondary N) is 1. The summed E-state index contributed by atoms with van der Waals surface area (Å²) >= 11 is 0. The van der Waals surface area contributed by atoms with Crippen molar-refractivity contribution in [3.8, 4) is 5.75 Å². The summed E-state index contributed by atoms with van der Waals surface area (Å²) in [5, 5.41) is 11.2. The normalized spacial score (nSPS) is 10.1. The van der Waals surface area contributed by atoms with Crippen LogP contribution in [0.4, 0.5) is 0 Å². The molecule has 0 unspecified atom stereocenters. The molecule has 0 saturated heterocycles. The molecule has 17 heavy (non-hydrogen) atoms. The van der Waals surface area contributed by atoms with E-state index in [0.29, 0.717) is 11.3 Å². The number of ether oxygens (including phenoxy) is 1. The summed E-state index contributed by atoms with van der Waals surface area (Å²) in [5.74, 6) is -0.773. The van der Waals surface area contributed by atoms with E-state index in [0.717, 1.165) is 0 Å². The first kappa shape index (κ1) is 13.0. The molecule has 92 valence electrons. The van der Waals surface area contributed by atoms with E-state index in [1.54, 1.807) is 24.3 Å². The highest BCUT2D eigenvalue weighted by atomic mass is 16.5. The second-order valence-electron chi connectivity index (χ2n) is 3.83. The number of carboxylic acids is 1. The lowest BCUT2D eigenvalue weighted by molar-refractivity contribution is -0.139. The highest BCUT2D eigenvalue weighted by Crippen LogP contribution is 2.12. The fourth-order valence-corrected chi connectivity index (χ4v) is 1.19. The number of hydrogen-bond acceptors (Lipinski definition) is 3. The number of hydrogen-bond donors (Lipinski definition) is 2. The lowest BCUT2D eigenvalue weighted by Gasteiger charge is -2.08. The van der Waals surface area contributed by atoms with Gasteiger partial charge < -0.3 is 15.2 Å². The molecule has 1 aromatic carbocycles. The van der Waals surface area contributed by atoms with E-state index in [9.17, 15) is 9.59 Å². The van der Waals surface area contributed by atoms with Gasteiger partial charge >= 0.3 is 5.97 Å². The second kappa shape index (κ2) is 5.89. The first-order chi connectivity index (χ1) is 7.99. The topological polar surface area (TPSA) is 75.6 Å². The largest absolute Gasteiger partial charge is 0.482 e. The molecule has 0 aromatic heterocycles. The van der Waals surface area contributed by atoms with Crippen LogP contribution in [-0.2, 0) is 4.79 Å². The van der Waals surface area contributed by atoms with Gasteiger partial charge in [0.05, 0.1) is 0 Å². The van der Waals surface area contributed by atoms with Crippen LogP contribution in [0.2, 0.25) is 0 Å². The van der Waals surface area contributed by atoms with Crippen LogP contribution in [0, 0.1) is 0 Å². The third-order valence-electron chi connectivity index (χ3n) is 1.90. The number of benzene rings is 1. The number of aliphatic carboxylic acids is 1. The number of rotatable bonds is 5. The summed E-state index contributed by atoms with van der Waals surface area (Å²) in [6.07, 6.45) is 0. The zero-order chi connectivity index (χ0) is 12.8. The molecule has 5 nitrogen and oxygen atoms in total. The van der Waals surface area contributed by atoms with Gasteiger partial charge in [-0.25, -0.2) is 4.79 Å². The Kier molecular flexibility index (Phi) is 4.51. The van der Waals surface area contributed by atoms with E-state index >= 15 is 0 Å². The van der Waals surface area contributed by atoms with Crippen LogP contribution >= 0.6 is 0 Å². The monoisotopic (exact) mass is 237 g/mol. The van der Waals surface area contributed by atoms with E-state index in [1.807, 2.05) is 13.8 Å². The molecule has 0 fully saturated rings. The van der Waals surface area contributed by atoms with Crippen molar-refractivity contribution in [1.82, 2.24) is 5.32 Å². The molecule has 0 aliphatic carbocycles. The van der Waals surface area contributed by atoms with Crippen molar-refractivity contribution >= 4 is 11.9 Å². The smallest absolute Gasteiger partial charge is 0.341 e. The highest BCUT2D eigenvalue weighted by Gasteiger charge is 2.07. The number of carbonyl (C=O) groups is 2. The van der Waals surface area contributed by atoms with Crippen molar-refractivity contribution in [2.75, 3.05) is 6.61 Å². The highest BCUT2D eigenvalue weighted by molar-refractivity contribution is 5.94. The molecule has 5 heteroatoms. The Balaban J connectivity index is 2.61. The molecule has 0 radical (unpaired) electrons. The van der Waals surface area contributed by atoms with Gasteiger partial charge in [-0.1, -0.05) is 0 Å². The third-order valence-corrected chi connectivity index (χ3v) is 1.90. The minimum atomic E-state index is -1.04. The molecule has 0 heterocycles. The van der Waals surface area contributed by atoms with E-state index < -0.39 is 12.6 Å². The second-order valence-corrected chi connectivity index (χ2v) is 3.83. The molecule has 1 rings (SSSR count). The Morgan fingerprint density at radius 2 is 1.88 bits per heavy atom. The van der Waals surface area contributed by atoms with Crippen molar-refractivity contribution in [3.05, 3.63) is 29.8 Å². The van der Waals surface area contributed by atoms with Gasteiger partial charge in [0, 0.05) is 11.6 Å². The number of carbonyl (C=O) groups excluding carboxylic acids is 1. The maximum atomic E-state index is 11.6. The summed E-state index contributed by atoms with van der Waals surface area (Å²) in [6, 6.07) is 6.39. The Bertz CT molecular complexity index is 397. The Hall–Kier alpha value is -2.04. The SMILES string of the molecule is CC(C)NC(=O)c1ccc(OCC(=O)O)cc1. The van der Waals surface area contributed by atoms with E-state index in [1.165, 1.54) is 0 Å². The third kappa shape index (κ3) is 4.55. The van der Waals surface area contributed by atoms with Crippen molar-refractivity contribution in [1.29, 1.82) is 0 Å². The van der Waals surface area contributed by atoms with Crippen LogP contribution in [-0.4, -0.2) is 29.6 Å². The minimum absolute atomic E-state index is 0.0745. The molecule has 1 aromatic rings. The Morgan fingerprint density at radius 1 is 1.29 bits per heavy atom. The van der Waals surface area contributed by atoms with Crippen LogP contribution in [0.15, 0.2) is 24.3 Å². The molecule has 2 N–H and O–H groups in total. The van der Waals surface area contributed by atoms with Crippen molar-refractivity contribution in [2.45, 2.75) is 19.9 Å². The average Bonchev–Trinajstić information content (AvgIpc) is 2.26. The lowest BCUT2D eigenvalue weighted by atomic mass is 10.2. The standard InChI is InChI=1S/C12H15NO4/c1-8(2)13-12(16)9-3-5-10(6-4-9)17-7-11(14)15/h3-6,8H,7H2,1-2H3,(H,13,16)(H,14,15). The first-order valence-corrected chi connectivity index (χ1v) is 5.24. The van der Waals surface area contributed by atoms with Crippen LogP contribution in [0.25, 0.3) is 0 Å². The van der Waals surface area contributed by atoms with Gasteiger partial charge in [-0.2, -0.15) is 0 Å². The van der Waals surface area contributed by atoms with Gasteiger partial charge in [0.1, 0.15) is 5.75 Å². The van der Waals surface area contributed by atoms with E-state index in [2.05, 4.69) is 5.32 Å². The molecule has 0 aliphatic heterocycles. The summed E-state index contributed by atoms with van der Waals surface area (Å²) in [4.78, 5) is 21.9. The van der Waals surface area contributed by atoms with Gasteiger partial charge in [-0.05, 0) is 38.1 Å². The van der Waals surface area contributed by atoms with Gasteiger partial charge in [0.2, 0.25) is 0 Å². The quantitative estimate of drug-likeness (QED) is 0.809. The number of carboxylic acid groups (broad SMARTS) is 1. The molecule has 1 amide bonds. The maximum absolute atomic E-state index is 11.6. The van der Waals surface area contributed by atoms with Crippen molar-refractivity contribution in [3.63, 3.8) is 0 Å². The maximum Gasteiger partial charge on any atom is 0.341 e. The van der Waals surface area contributed by atoms with Gasteiger partial charge in [-0.3, -0.25) is 4.79 Å². The molecule has 0 aliphatic rings. The number of amides is 1. The fraction of sp³-hybridized carbons (Fsp3) is 0.333. The molecule has 0 atom stereocenters. The summed E-state index contributed by atoms with van der Waals surface area (Å²) in [7, 11) is 0. The predicted molar refractivity (Wildman–Crippen MR) is 62.2 cm³/mol. The molecule has 0 spiro atoms. The summed E-state index contributed by atoms with van der Waals surface area (Å²) in [5.41, 5.74) is 0.515. The van der Waals surface area contributed by atoms with Crippen molar-refractivity contribution < 1.29 is 19.4 Å². The minimum Gasteiger partial charge on any atom is -0.482 e. The van der Waals surface area contributed by atoms with E-state index in [4.69, 9.17) is 9.84 Å². The Morgan fingerprint density at radius 3 is 2.35 bits per heavy atom. The van der Waals surface area contributed by atoms with Crippen molar-refractivity contribution in [2.24, 2.45) is 0 Å². The lowest BCUT2D eigenvalue weighted by Crippen LogP contribution is -2.29. The zero-order valence-electron chi connectivity index (χ0n) is 9.77. The van der Waals surface area contributed by atoms with Crippen LogP contribution in [0.1, 0.15) is 24.2 Å². The summed E-state index contributed by atoms with van der Waals surface area (Å²) in [6.45, 7) is 3.36. The molecular formula is C12H15NO4. The molecule has 0 bridgehead atoms. The van der Waals surface area contributed by atoms with E-state index in [-0.39, 0.29) is 11.9 Å². The first-order valence-electron chi connectivity index (χ1n) is 5.24. The van der Waals surface area contributed by atoms with Crippen LogP contribution in [0.3, 0.4) is 0 Å². The Labute approximate surface area is 99.4 Å². The predicted octanol–water partition coefficient (Wildman–Crippen LogP) is 1.29.